The van der Waals surface area contributed by atoms with Crippen LogP contribution in [0.2, 0.25) is 0 Å². The topological polar surface area (TPSA) is 42.2 Å². The molecule has 0 amide bonds. The Morgan fingerprint density at radius 2 is 2.16 bits per heavy atom. The summed E-state index contributed by atoms with van der Waals surface area (Å²) in [5, 5.41) is 4.31. The Kier molecular flexibility index (Phi) is 4.74. The predicted molar refractivity (Wildman–Crippen MR) is 77.5 cm³/mol. The Morgan fingerprint density at radius 1 is 1.32 bits per heavy atom. The van der Waals surface area contributed by atoms with Gasteiger partial charge >= 0.3 is 0 Å². The average molecular weight is 259 g/mol. The van der Waals surface area contributed by atoms with Gasteiger partial charge in [-0.05, 0) is 25.1 Å². The molecule has 2 rings (SSSR count). The smallest absolute Gasteiger partial charge is 0.179 e. The molecule has 2 aromatic rings. The fourth-order valence-corrected chi connectivity index (χ4v) is 2.29. The Morgan fingerprint density at radius 3 is 2.89 bits per heavy atom. The van der Waals surface area contributed by atoms with Crippen LogP contribution in [0.3, 0.4) is 0 Å². The van der Waals surface area contributed by atoms with Crippen LogP contribution in [-0.2, 0) is 0 Å². The van der Waals surface area contributed by atoms with Crippen LogP contribution < -0.4 is 5.32 Å². The summed E-state index contributed by atoms with van der Waals surface area (Å²) in [5.41, 5.74) is 1.50. The van der Waals surface area contributed by atoms with E-state index in [0.717, 1.165) is 42.3 Å². The van der Waals surface area contributed by atoms with Crippen molar-refractivity contribution in [3.05, 3.63) is 36.1 Å². The third-order valence-corrected chi connectivity index (χ3v) is 3.35. The highest BCUT2D eigenvalue weighted by atomic mass is 16.3. The normalized spacial score (nSPS) is 12.7. The number of fused-ring (bicyclic) bond motifs is 1. The van der Waals surface area contributed by atoms with Crippen LogP contribution in [0.4, 0.5) is 0 Å². The van der Waals surface area contributed by atoms with Crippen molar-refractivity contribution in [1.29, 1.82) is 0 Å². The first kappa shape index (κ1) is 13.8. The second-order valence-electron chi connectivity index (χ2n) is 4.79. The van der Waals surface area contributed by atoms with E-state index in [9.17, 15) is 4.79 Å². The Bertz CT molecular complexity index is 544. The van der Waals surface area contributed by atoms with Crippen LogP contribution in [-0.4, -0.2) is 18.4 Å². The second-order valence-corrected chi connectivity index (χ2v) is 4.79. The largest absolute Gasteiger partial charge is 0.464 e. The van der Waals surface area contributed by atoms with E-state index in [1.807, 2.05) is 31.2 Å². The van der Waals surface area contributed by atoms with E-state index in [-0.39, 0.29) is 11.8 Å². The van der Waals surface area contributed by atoms with Crippen LogP contribution >= 0.6 is 0 Å². The molecule has 0 saturated carbocycles. The molecule has 3 heteroatoms. The highest BCUT2D eigenvalue weighted by molar-refractivity contribution is 6.02. The monoisotopic (exact) mass is 259 g/mol. The number of benzene rings is 1. The summed E-state index contributed by atoms with van der Waals surface area (Å²) in [6.45, 7) is 4.98. The van der Waals surface area contributed by atoms with E-state index in [1.54, 1.807) is 6.26 Å². The van der Waals surface area contributed by atoms with Gasteiger partial charge in [0.05, 0.1) is 12.3 Å². The lowest BCUT2D eigenvalue weighted by atomic mass is 9.99. The molecule has 0 radical (unpaired) electrons. The molecule has 102 valence electrons. The zero-order valence-corrected chi connectivity index (χ0v) is 11.6. The van der Waals surface area contributed by atoms with Gasteiger partial charge in [0.2, 0.25) is 0 Å². The molecule has 19 heavy (non-hydrogen) atoms. The highest BCUT2D eigenvalue weighted by Gasteiger charge is 2.19. The molecule has 1 unspecified atom stereocenters. The maximum absolute atomic E-state index is 12.5. The number of nitrogens with one attached hydrogen (secondary N) is 1. The van der Waals surface area contributed by atoms with E-state index < -0.39 is 0 Å². The number of hydrogen-bond donors (Lipinski definition) is 1. The summed E-state index contributed by atoms with van der Waals surface area (Å²) in [7, 11) is 0. The molecule has 1 atom stereocenters. The number of rotatable bonds is 7. The first-order chi connectivity index (χ1) is 9.26. The molecule has 3 nitrogen and oxygen atoms in total. The van der Waals surface area contributed by atoms with Crippen molar-refractivity contribution < 1.29 is 9.21 Å². The van der Waals surface area contributed by atoms with Crippen molar-refractivity contribution in [2.75, 3.05) is 6.54 Å². The maximum Gasteiger partial charge on any atom is 0.179 e. The SMILES string of the molecule is CCCCC(NCC)C(=O)c1ccc2ccoc2c1. The molecule has 0 fully saturated rings. The van der Waals surface area contributed by atoms with E-state index >= 15 is 0 Å². The number of Topliss-reactive ketones (excluding diaryl/α,β-unsaturated/α-hetero) is 1. The van der Waals surface area contributed by atoms with Crippen LogP contribution in [0, 0.1) is 0 Å². The summed E-state index contributed by atoms with van der Waals surface area (Å²) in [6.07, 6.45) is 4.70. The molecule has 0 aliphatic heterocycles. The van der Waals surface area contributed by atoms with Gasteiger partial charge in [0.15, 0.2) is 5.78 Å². The van der Waals surface area contributed by atoms with Crippen molar-refractivity contribution >= 4 is 16.8 Å². The quantitative estimate of drug-likeness (QED) is 0.769. The first-order valence-electron chi connectivity index (χ1n) is 7.01. The average Bonchev–Trinajstić information content (AvgIpc) is 2.90. The Balaban J connectivity index is 2.19. The number of hydrogen-bond acceptors (Lipinski definition) is 3. The molecule has 1 heterocycles. The number of carbonyl (C=O) groups is 1. The molecular formula is C16H21NO2. The zero-order chi connectivity index (χ0) is 13.7. The summed E-state index contributed by atoms with van der Waals surface area (Å²) >= 11 is 0. The fourth-order valence-electron chi connectivity index (χ4n) is 2.29. The minimum Gasteiger partial charge on any atom is -0.464 e. The van der Waals surface area contributed by atoms with Crippen molar-refractivity contribution in [2.45, 2.75) is 39.2 Å². The minimum atomic E-state index is -0.0858. The second kappa shape index (κ2) is 6.53. The van der Waals surface area contributed by atoms with Crippen LogP contribution in [0.5, 0.6) is 0 Å². The molecule has 0 spiro atoms. The van der Waals surface area contributed by atoms with Crippen molar-refractivity contribution in [3.63, 3.8) is 0 Å². The van der Waals surface area contributed by atoms with Gasteiger partial charge in [-0.3, -0.25) is 4.79 Å². The van der Waals surface area contributed by atoms with Crippen molar-refractivity contribution in [1.82, 2.24) is 5.32 Å². The van der Waals surface area contributed by atoms with Crippen LogP contribution in [0.25, 0.3) is 11.0 Å². The van der Waals surface area contributed by atoms with Gasteiger partial charge in [0.1, 0.15) is 5.58 Å². The summed E-state index contributed by atoms with van der Waals surface area (Å²) < 4.78 is 5.36. The van der Waals surface area contributed by atoms with Crippen molar-refractivity contribution in [2.24, 2.45) is 0 Å². The van der Waals surface area contributed by atoms with Gasteiger partial charge in [0.25, 0.3) is 0 Å². The standard InChI is InChI=1S/C16H21NO2/c1-3-5-6-14(17-4-2)16(18)13-8-7-12-9-10-19-15(12)11-13/h7-11,14,17H,3-6H2,1-2H3. The number of carbonyl (C=O) groups excluding carboxylic acids is 1. The van der Waals surface area contributed by atoms with E-state index in [4.69, 9.17) is 4.42 Å². The Labute approximate surface area is 114 Å². The summed E-state index contributed by atoms with van der Waals surface area (Å²) in [6, 6.07) is 7.49. The third kappa shape index (κ3) is 3.24. The van der Waals surface area contributed by atoms with Gasteiger partial charge in [0, 0.05) is 10.9 Å². The van der Waals surface area contributed by atoms with E-state index in [1.165, 1.54) is 0 Å². The molecule has 1 aromatic carbocycles. The zero-order valence-electron chi connectivity index (χ0n) is 11.6. The molecule has 0 aliphatic rings. The molecule has 0 bridgehead atoms. The van der Waals surface area contributed by atoms with Gasteiger partial charge in [-0.15, -0.1) is 0 Å². The number of unbranched alkanes of at least 4 members (excludes halogenated alkanes) is 1. The molecule has 1 aromatic heterocycles. The highest BCUT2D eigenvalue weighted by Crippen LogP contribution is 2.19. The molecule has 1 N–H and O–H groups in total. The lowest BCUT2D eigenvalue weighted by molar-refractivity contribution is 0.0937. The van der Waals surface area contributed by atoms with E-state index in [2.05, 4.69) is 12.2 Å². The predicted octanol–water partition coefficient (Wildman–Crippen LogP) is 3.78. The summed E-state index contributed by atoms with van der Waals surface area (Å²) in [5.74, 6) is 0.161. The minimum absolute atomic E-state index is 0.0858. The van der Waals surface area contributed by atoms with Gasteiger partial charge in [-0.2, -0.15) is 0 Å². The first-order valence-corrected chi connectivity index (χ1v) is 7.01. The van der Waals surface area contributed by atoms with Crippen molar-refractivity contribution in [3.8, 4) is 0 Å². The molecule has 0 saturated heterocycles. The Hall–Kier alpha value is -1.61. The third-order valence-electron chi connectivity index (χ3n) is 3.35. The maximum atomic E-state index is 12.5. The van der Waals surface area contributed by atoms with Gasteiger partial charge in [-0.25, -0.2) is 0 Å². The van der Waals surface area contributed by atoms with Gasteiger partial charge < -0.3 is 9.73 Å². The fraction of sp³-hybridized carbons (Fsp3) is 0.438. The van der Waals surface area contributed by atoms with Crippen LogP contribution in [0.15, 0.2) is 34.9 Å². The summed E-state index contributed by atoms with van der Waals surface area (Å²) in [4.78, 5) is 12.5. The molecule has 0 aliphatic carbocycles. The lowest BCUT2D eigenvalue weighted by Crippen LogP contribution is -2.36. The number of ketones is 1. The lowest BCUT2D eigenvalue weighted by Gasteiger charge is -2.16. The van der Waals surface area contributed by atoms with Gasteiger partial charge in [-0.1, -0.05) is 38.8 Å². The number of furan rings is 1. The molecular weight excluding hydrogens is 238 g/mol. The number of likely N-dealkylation sites (N-methyl/N-ethyl adjacent to an activating group) is 1. The van der Waals surface area contributed by atoms with E-state index in [0.29, 0.717) is 0 Å². The van der Waals surface area contributed by atoms with Crippen LogP contribution in [0.1, 0.15) is 43.5 Å².